The first-order valence-electron chi connectivity index (χ1n) is 14.2. The molecule has 3 aliphatic rings. The largest absolute Gasteiger partial charge is 0.478 e. The molecule has 1 aliphatic carbocycles. The van der Waals surface area contributed by atoms with E-state index in [2.05, 4.69) is 9.47 Å². The molecule has 4 atom stereocenters. The monoisotopic (exact) mass is 567 g/mol. The summed E-state index contributed by atoms with van der Waals surface area (Å²) in [7, 11) is 0. The Morgan fingerprint density at radius 1 is 1.19 bits per heavy atom. The Hall–Kier alpha value is -4.33. The van der Waals surface area contributed by atoms with Crippen molar-refractivity contribution in [3.63, 3.8) is 0 Å². The molecule has 7 rings (SSSR count). The smallest absolute Gasteiger partial charge is 0.335 e. The van der Waals surface area contributed by atoms with E-state index in [0.29, 0.717) is 42.3 Å². The Morgan fingerprint density at radius 3 is 2.69 bits per heavy atom. The summed E-state index contributed by atoms with van der Waals surface area (Å²) in [6.45, 7) is 5.94. The average molecular weight is 568 g/mol. The summed E-state index contributed by atoms with van der Waals surface area (Å²) in [6.07, 6.45) is 1.12. The summed E-state index contributed by atoms with van der Waals surface area (Å²) in [6, 6.07) is 15.4. The third kappa shape index (κ3) is 4.89. The molecule has 1 saturated carbocycles. The minimum atomic E-state index is -0.940. The van der Waals surface area contributed by atoms with Gasteiger partial charge in [0.2, 0.25) is 5.88 Å². The Bertz CT molecular complexity index is 1730. The van der Waals surface area contributed by atoms with Gasteiger partial charge in [-0.25, -0.2) is 19.2 Å². The molecule has 3 fully saturated rings. The first kappa shape index (κ1) is 26.6. The number of benzene rings is 2. The number of aromatic nitrogens is 3. The van der Waals surface area contributed by atoms with Gasteiger partial charge in [-0.2, -0.15) is 5.26 Å². The molecule has 2 saturated heterocycles. The van der Waals surface area contributed by atoms with Crippen molar-refractivity contribution in [1.82, 2.24) is 19.4 Å². The van der Waals surface area contributed by atoms with Crippen LogP contribution in [0, 0.1) is 35.9 Å². The van der Waals surface area contributed by atoms with E-state index >= 15 is 0 Å². The second kappa shape index (κ2) is 10.5. The van der Waals surface area contributed by atoms with Crippen LogP contribution >= 0.6 is 0 Å². The van der Waals surface area contributed by atoms with Crippen LogP contribution in [0.3, 0.4) is 0 Å². The number of fused-ring (bicyclic) bond motifs is 2. The minimum absolute atomic E-state index is 0.0413. The molecular formula is C32H30FN5O4. The molecular weight excluding hydrogens is 537 g/mol. The lowest BCUT2D eigenvalue weighted by molar-refractivity contribution is -0.0591. The van der Waals surface area contributed by atoms with Crippen molar-refractivity contribution >= 4 is 17.0 Å². The van der Waals surface area contributed by atoms with Crippen LogP contribution < -0.4 is 4.74 Å². The molecule has 0 amide bonds. The third-order valence-corrected chi connectivity index (χ3v) is 8.83. The number of nitriles is 1. The summed E-state index contributed by atoms with van der Waals surface area (Å²) in [4.78, 5) is 23.9. The zero-order valence-corrected chi connectivity index (χ0v) is 23.2. The molecule has 0 radical (unpaired) electrons. The fraction of sp³-hybridized carbons (Fsp3) is 0.375. The van der Waals surface area contributed by atoms with Crippen molar-refractivity contribution in [3.05, 3.63) is 88.1 Å². The summed E-state index contributed by atoms with van der Waals surface area (Å²) < 4.78 is 27.9. The quantitative estimate of drug-likeness (QED) is 0.311. The Morgan fingerprint density at radius 2 is 2.00 bits per heavy atom. The molecule has 1 unspecified atom stereocenters. The highest BCUT2D eigenvalue weighted by Crippen LogP contribution is 2.58. The molecule has 2 aliphatic heterocycles. The Labute approximate surface area is 242 Å². The van der Waals surface area contributed by atoms with E-state index in [-0.39, 0.29) is 23.8 Å². The number of pyridine rings is 1. The zero-order chi connectivity index (χ0) is 29.0. The number of ether oxygens (including phenoxy) is 2. The number of nitrogens with zero attached hydrogens (tertiary/aromatic N) is 5. The number of likely N-dealkylation sites (tertiary alicyclic amines) is 1. The van der Waals surface area contributed by atoms with Gasteiger partial charge in [-0.3, -0.25) is 4.90 Å². The van der Waals surface area contributed by atoms with Crippen molar-refractivity contribution in [3.8, 4) is 11.9 Å². The van der Waals surface area contributed by atoms with Gasteiger partial charge in [0.25, 0.3) is 0 Å². The van der Waals surface area contributed by atoms with Crippen LogP contribution in [0.1, 0.15) is 50.9 Å². The molecule has 42 heavy (non-hydrogen) atoms. The average Bonchev–Trinajstić information content (AvgIpc) is 3.27. The van der Waals surface area contributed by atoms with Crippen molar-refractivity contribution in [2.24, 2.45) is 11.8 Å². The lowest BCUT2D eigenvalue weighted by atomic mass is 10.1. The van der Waals surface area contributed by atoms with Crippen molar-refractivity contribution in [2.45, 2.75) is 45.1 Å². The fourth-order valence-electron chi connectivity index (χ4n) is 6.48. The number of hydrogen-bond donors (Lipinski definition) is 1. The van der Waals surface area contributed by atoms with E-state index in [4.69, 9.17) is 24.7 Å². The van der Waals surface area contributed by atoms with Gasteiger partial charge in [0.1, 0.15) is 18.2 Å². The molecule has 2 aromatic carbocycles. The number of aromatic carboxylic acids is 1. The van der Waals surface area contributed by atoms with Gasteiger partial charge in [0, 0.05) is 42.9 Å². The van der Waals surface area contributed by atoms with Gasteiger partial charge >= 0.3 is 5.97 Å². The van der Waals surface area contributed by atoms with Gasteiger partial charge in [-0.15, -0.1) is 0 Å². The number of aryl methyl sites for hydroxylation is 1. The number of carboxylic acid groups (broad SMARTS) is 1. The van der Waals surface area contributed by atoms with Crippen LogP contribution in [-0.4, -0.2) is 56.3 Å². The first-order chi connectivity index (χ1) is 20.4. The fourth-order valence-corrected chi connectivity index (χ4v) is 6.48. The third-order valence-electron chi connectivity index (χ3n) is 8.83. The van der Waals surface area contributed by atoms with Crippen LogP contribution in [0.2, 0.25) is 0 Å². The molecule has 0 bridgehead atoms. The molecule has 214 valence electrons. The van der Waals surface area contributed by atoms with E-state index in [0.717, 1.165) is 54.2 Å². The first-order valence-corrected chi connectivity index (χ1v) is 14.2. The van der Waals surface area contributed by atoms with Gasteiger partial charge in [0.15, 0.2) is 0 Å². The number of carbonyl (C=O) groups is 1. The highest BCUT2D eigenvalue weighted by Gasteiger charge is 2.57. The number of halogens is 1. The van der Waals surface area contributed by atoms with E-state index in [1.54, 1.807) is 30.3 Å². The van der Waals surface area contributed by atoms with Gasteiger partial charge < -0.3 is 19.1 Å². The predicted octanol–water partition coefficient (Wildman–Crippen LogP) is 4.66. The van der Waals surface area contributed by atoms with E-state index in [1.807, 2.05) is 25.1 Å². The molecule has 1 N–H and O–H groups in total. The minimum Gasteiger partial charge on any atom is -0.478 e. The van der Waals surface area contributed by atoms with Crippen LogP contribution in [0.15, 0.2) is 48.5 Å². The lowest BCUT2D eigenvalue weighted by Gasteiger charge is -2.28. The lowest BCUT2D eigenvalue weighted by Crippen LogP contribution is -2.33. The summed E-state index contributed by atoms with van der Waals surface area (Å²) in [5, 5.41) is 18.6. The van der Waals surface area contributed by atoms with E-state index < -0.39 is 11.8 Å². The summed E-state index contributed by atoms with van der Waals surface area (Å²) in [5.74, 6) is 1.35. The van der Waals surface area contributed by atoms with E-state index in [1.165, 1.54) is 6.07 Å². The molecule has 9 nitrogen and oxygen atoms in total. The molecule has 0 spiro atoms. The predicted molar refractivity (Wildman–Crippen MR) is 150 cm³/mol. The van der Waals surface area contributed by atoms with Gasteiger partial charge in [-0.1, -0.05) is 12.1 Å². The van der Waals surface area contributed by atoms with Gasteiger partial charge in [0.05, 0.1) is 47.4 Å². The maximum atomic E-state index is 14.3. The van der Waals surface area contributed by atoms with E-state index in [9.17, 15) is 14.3 Å². The van der Waals surface area contributed by atoms with Gasteiger partial charge in [-0.05, 0) is 61.1 Å². The van der Waals surface area contributed by atoms with Crippen molar-refractivity contribution in [1.29, 1.82) is 5.26 Å². The number of piperidine rings is 1. The normalized spacial score (nSPS) is 22.9. The van der Waals surface area contributed by atoms with Crippen molar-refractivity contribution < 1.29 is 23.8 Å². The number of carboxylic acids is 1. The van der Waals surface area contributed by atoms with Crippen LogP contribution in [0.4, 0.5) is 4.39 Å². The summed E-state index contributed by atoms with van der Waals surface area (Å²) in [5.41, 5.74) is 4.48. The Balaban J connectivity index is 1.03. The molecule has 4 heterocycles. The highest BCUT2D eigenvalue weighted by molar-refractivity contribution is 5.94. The van der Waals surface area contributed by atoms with Crippen LogP contribution in [-0.2, 0) is 24.4 Å². The number of rotatable bonds is 9. The maximum Gasteiger partial charge on any atom is 0.335 e. The van der Waals surface area contributed by atoms with Crippen LogP contribution in [0.25, 0.3) is 11.0 Å². The summed E-state index contributed by atoms with van der Waals surface area (Å²) >= 11 is 0. The second-order valence-electron chi connectivity index (χ2n) is 11.5. The topological polar surface area (TPSA) is 113 Å². The molecule has 4 aromatic rings. The zero-order valence-electron chi connectivity index (χ0n) is 23.2. The molecule has 2 aromatic heterocycles. The number of imidazole rings is 1. The second-order valence-corrected chi connectivity index (χ2v) is 11.5. The van der Waals surface area contributed by atoms with Crippen LogP contribution in [0.5, 0.6) is 5.88 Å². The SMILES string of the molecule is Cc1cc(C(=O)O)cc2c1nc(CN1C[C@@H]3C(c4cccc(OCc5ccc(C#N)cc5F)n4)[C@@H]3C1)n2C[C@@H]1CCO1. The van der Waals surface area contributed by atoms with Crippen molar-refractivity contribution in [2.75, 3.05) is 19.7 Å². The Kier molecular flexibility index (Phi) is 6.64. The standard InChI is InChI=1S/C32H30FN5O4/c1-18-9-21(32(39)40)11-27-31(18)36-28(38(27)13-22-7-8-41-22)16-37-14-23-24(15-37)30(23)26-3-2-4-29(35-26)42-17-20-6-5-19(12-34)10-25(20)33/h2-6,9-11,22-24,30H,7-8,13-17H2,1H3,(H,39,40)/t22-,23-,24+,30?/m0/s1. The highest BCUT2D eigenvalue weighted by atomic mass is 19.1. The maximum absolute atomic E-state index is 14.3. The molecule has 10 heteroatoms. The number of hydrogen-bond acceptors (Lipinski definition) is 7.